The number of unbranched alkanes of at least 4 members (excludes halogenated alkanes) is 1. The van der Waals surface area contributed by atoms with Gasteiger partial charge in [0.05, 0.1) is 6.54 Å². The summed E-state index contributed by atoms with van der Waals surface area (Å²) in [5.41, 5.74) is 3.06. The average molecular weight is 421 g/mol. The van der Waals surface area contributed by atoms with Gasteiger partial charge in [-0.15, -0.1) is 0 Å². The molecular weight excluding hydrogens is 392 g/mol. The lowest BCUT2D eigenvalue weighted by molar-refractivity contribution is -0.145. The molecule has 0 saturated carbocycles. The summed E-state index contributed by atoms with van der Waals surface area (Å²) in [6.45, 7) is 6.21. The maximum absolute atomic E-state index is 12.5. The molecular formula is C25H28N2O4. The quantitative estimate of drug-likeness (QED) is 0.553. The van der Waals surface area contributed by atoms with Crippen LogP contribution < -0.4 is 10.3 Å². The van der Waals surface area contributed by atoms with E-state index in [0.717, 1.165) is 41.9 Å². The van der Waals surface area contributed by atoms with Crippen LogP contribution in [0.5, 0.6) is 5.75 Å². The van der Waals surface area contributed by atoms with E-state index in [1.54, 1.807) is 34.9 Å². The highest BCUT2D eigenvalue weighted by molar-refractivity contribution is 5.75. The van der Waals surface area contributed by atoms with Gasteiger partial charge in [0.25, 0.3) is 5.56 Å². The Morgan fingerprint density at radius 3 is 2.48 bits per heavy atom. The summed E-state index contributed by atoms with van der Waals surface area (Å²) >= 11 is 0. The Balaban J connectivity index is 1.80. The van der Waals surface area contributed by atoms with Gasteiger partial charge >= 0.3 is 5.97 Å². The first-order valence-electron chi connectivity index (χ1n) is 10.5. The number of hydrogen-bond donors (Lipinski definition) is 1. The monoisotopic (exact) mass is 420 g/mol. The third kappa shape index (κ3) is 5.60. The highest BCUT2D eigenvalue weighted by Crippen LogP contribution is 2.25. The van der Waals surface area contributed by atoms with Crippen LogP contribution in [0.25, 0.3) is 0 Å². The molecule has 0 saturated heterocycles. The van der Waals surface area contributed by atoms with E-state index in [0.29, 0.717) is 17.9 Å². The van der Waals surface area contributed by atoms with Crippen molar-refractivity contribution in [2.24, 2.45) is 0 Å². The summed E-state index contributed by atoms with van der Waals surface area (Å²) in [7, 11) is 0. The normalized spacial score (nSPS) is 11.8. The number of aliphatic carboxylic acids is 1. The fraction of sp³-hybridized carbons (Fsp3) is 0.320. The molecule has 1 atom stereocenters. The number of rotatable bonds is 9. The number of benzene rings is 2. The van der Waals surface area contributed by atoms with Crippen LogP contribution in [0.2, 0.25) is 0 Å². The highest BCUT2D eigenvalue weighted by atomic mass is 16.5. The Labute approximate surface area is 182 Å². The van der Waals surface area contributed by atoms with Crippen molar-refractivity contribution in [3.05, 3.63) is 93.2 Å². The molecule has 31 heavy (non-hydrogen) atoms. The van der Waals surface area contributed by atoms with E-state index in [-0.39, 0.29) is 5.56 Å². The molecule has 0 amide bonds. The predicted octanol–water partition coefficient (Wildman–Crippen LogP) is 4.46. The second-order valence-corrected chi connectivity index (χ2v) is 7.68. The molecule has 3 aromatic rings. The van der Waals surface area contributed by atoms with Crippen molar-refractivity contribution in [2.75, 3.05) is 0 Å². The lowest BCUT2D eigenvalue weighted by Crippen LogP contribution is -2.25. The van der Waals surface area contributed by atoms with E-state index in [9.17, 15) is 14.7 Å². The zero-order chi connectivity index (χ0) is 22.4. The molecule has 0 fully saturated rings. The second kappa shape index (κ2) is 10.1. The minimum atomic E-state index is -1.09. The Morgan fingerprint density at radius 2 is 1.84 bits per heavy atom. The van der Waals surface area contributed by atoms with Gasteiger partial charge in [0.2, 0.25) is 6.10 Å². The fourth-order valence-electron chi connectivity index (χ4n) is 3.49. The molecule has 6 nitrogen and oxygen atoms in total. The SMILES string of the molecule is CCCCc1nc(C)cc(=O)n1Cc1ccc(OC(C(=O)O)c2ccccc2C)cc1. The molecule has 0 aliphatic carbocycles. The van der Waals surface area contributed by atoms with Crippen molar-refractivity contribution >= 4 is 5.97 Å². The molecule has 3 rings (SSSR count). The Kier molecular flexibility index (Phi) is 7.23. The molecule has 1 heterocycles. The van der Waals surface area contributed by atoms with Gasteiger partial charge in [-0.3, -0.25) is 9.36 Å². The van der Waals surface area contributed by atoms with E-state index in [2.05, 4.69) is 11.9 Å². The lowest BCUT2D eigenvalue weighted by atomic mass is 10.0. The summed E-state index contributed by atoms with van der Waals surface area (Å²) in [6.07, 6.45) is 1.67. The predicted molar refractivity (Wildman–Crippen MR) is 120 cm³/mol. The Hall–Kier alpha value is -3.41. The summed E-state index contributed by atoms with van der Waals surface area (Å²) in [5.74, 6) is 0.203. The highest BCUT2D eigenvalue weighted by Gasteiger charge is 2.23. The molecule has 162 valence electrons. The van der Waals surface area contributed by atoms with Crippen LogP contribution in [0.4, 0.5) is 0 Å². The van der Waals surface area contributed by atoms with Gasteiger partial charge in [0.15, 0.2) is 0 Å². The van der Waals surface area contributed by atoms with Gasteiger partial charge in [-0.05, 0) is 43.5 Å². The molecule has 0 spiro atoms. The largest absolute Gasteiger partial charge is 0.478 e. The van der Waals surface area contributed by atoms with Crippen LogP contribution in [0.3, 0.4) is 0 Å². The smallest absolute Gasteiger partial charge is 0.349 e. The van der Waals surface area contributed by atoms with E-state index >= 15 is 0 Å². The van der Waals surface area contributed by atoms with Gasteiger partial charge < -0.3 is 9.84 Å². The number of ether oxygens (including phenoxy) is 1. The van der Waals surface area contributed by atoms with Crippen molar-refractivity contribution in [2.45, 2.75) is 52.7 Å². The first-order valence-corrected chi connectivity index (χ1v) is 10.5. The first-order chi connectivity index (χ1) is 14.9. The molecule has 2 aromatic carbocycles. The van der Waals surface area contributed by atoms with Crippen LogP contribution in [-0.2, 0) is 17.8 Å². The molecule has 0 radical (unpaired) electrons. The molecule has 1 N–H and O–H groups in total. The Bertz CT molecular complexity index is 1100. The first kappa shape index (κ1) is 22.3. The molecule has 0 aliphatic rings. The third-order valence-corrected chi connectivity index (χ3v) is 5.18. The minimum absolute atomic E-state index is 0.0653. The zero-order valence-electron chi connectivity index (χ0n) is 18.2. The van der Waals surface area contributed by atoms with E-state index in [1.807, 2.05) is 38.1 Å². The van der Waals surface area contributed by atoms with Crippen LogP contribution in [0.1, 0.15) is 54.1 Å². The van der Waals surface area contributed by atoms with Crippen LogP contribution in [0, 0.1) is 13.8 Å². The Morgan fingerprint density at radius 1 is 1.13 bits per heavy atom. The van der Waals surface area contributed by atoms with Crippen molar-refractivity contribution < 1.29 is 14.6 Å². The van der Waals surface area contributed by atoms with Gasteiger partial charge in [-0.25, -0.2) is 9.78 Å². The number of carboxylic acids is 1. The molecule has 6 heteroatoms. The van der Waals surface area contributed by atoms with Crippen molar-refractivity contribution in [3.8, 4) is 5.75 Å². The van der Waals surface area contributed by atoms with Crippen LogP contribution in [0.15, 0.2) is 59.4 Å². The van der Waals surface area contributed by atoms with Crippen LogP contribution >= 0.6 is 0 Å². The van der Waals surface area contributed by atoms with Gasteiger partial charge in [0, 0.05) is 23.7 Å². The second-order valence-electron chi connectivity index (χ2n) is 7.68. The summed E-state index contributed by atoms with van der Waals surface area (Å²) < 4.78 is 7.48. The number of nitrogens with zero attached hydrogens (tertiary/aromatic N) is 2. The number of hydrogen-bond acceptors (Lipinski definition) is 4. The van der Waals surface area contributed by atoms with Crippen molar-refractivity contribution in [3.63, 3.8) is 0 Å². The van der Waals surface area contributed by atoms with Gasteiger partial charge in [0.1, 0.15) is 11.6 Å². The van der Waals surface area contributed by atoms with E-state index in [1.165, 1.54) is 0 Å². The minimum Gasteiger partial charge on any atom is -0.478 e. The molecule has 1 aromatic heterocycles. The average Bonchev–Trinajstić information content (AvgIpc) is 2.74. The maximum Gasteiger partial charge on any atom is 0.349 e. The van der Waals surface area contributed by atoms with E-state index < -0.39 is 12.1 Å². The molecule has 0 bridgehead atoms. The summed E-state index contributed by atoms with van der Waals surface area (Å²) in [5, 5.41) is 9.65. The van der Waals surface area contributed by atoms with Gasteiger partial charge in [-0.1, -0.05) is 49.7 Å². The van der Waals surface area contributed by atoms with Crippen molar-refractivity contribution in [1.29, 1.82) is 0 Å². The van der Waals surface area contributed by atoms with Crippen LogP contribution in [-0.4, -0.2) is 20.6 Å². The molecule has 1 unspecified atom stereocenters. The third-order valence-electron chi connectivity index (χ3n) is 5.18. The van der Waals surface area contributed by atoms with Gasteiger partial charge in [-0.2, -0.15) is 0 Å². The number of aromatic nitrogens is 2. The fourth-order valence-corrected chi connectivity index (χ4v) is 3.49. The summed E-state index contributed by atoms with van der Waals surface area (Å²) in [4.78, 5) is 28.9. The van der Waals surface area contributed by atoms with E-state index in [4.69, 9.17) is 4.74 Å². The molecule has 0 aliphatic heterocycles. The summed E-state index contributed by atoms with van der Waals surface area (Å²) in [6, 6.07) is 16.0. The van der Waals surface area contributed by atoms with Crippen molar-refractivity contribution in [1.82, 2.24) is 9.55 Å². The topological polar surface area (TPSA) is 81.4 Å². The lowest BCUT2D eigenvalue weighted by Gasteiger charge is -2.18. The number of carbonyl (C=O) groups is 1. The number of aryl methyl sites for hydroxylation is 3. The maximum atomic E-state index is 12.5. The number of carboxylic acid groups (broad SMARTS) is 1. The zero-order valence-corrected chi connectivity index (χ0v) is 18.2. The standard InChI is InChI=1S/C25H28N2O4/c1-4-5-10-22-26-18(3)15-23(28)27(22)16-19-11-13-20(14-12-19)31-24(25(29)30)21-9-7-6-8-17(21)2/h6-9,11-15,24H,4-5,10,16H2,1-3H3,(H,29,30).